The van der Waals surface area contributed by atoms with Crippen LogP contribution in [0.3, 0.4) is 0 Å². The Kier molecular flexibility index (Phi) is 6.85. The maximum Gasteiger partial charge on any atom is 0.229 e. The van der Waals surface area contributed by atoms with Crippen molar-refractivity contribution in [3.63, 3.8) is 0 Å². The lowest BCUT2D eigenvalue weighted by atomic mass is 9.92. The molecule has 0 aromatic heterocycles. The van der Waals surface area contributed by atoms with Crippen molar-refractivity contribution in [2.45, 2.75) is 32.7 Å². The molecule has 2 atom stereocenters. The molecule has 0 saturated carbocycles. The normalized spacial score (nSPS) is 21.2. The first-order chi connectivity index (χ1) is 10.2. The topological polar surface area (TPSA) is 87.3 Å². The average Bonchev–Trinajstić information content (AvgIpc) is 2.41. The van der Waals surface area contributed by atoms with Crippen molar-refractivity contribution >= 4 is 39.7 Å². The van der Waals surface area contributed by atoms with E-state index in [1.165, 1.54) is 0 Å². The predicted octanol–water partition coefficient (Wildman–Crippen LogP) is 2.11. The Labute approximate surface area is 143 Å². The minimum atomic E-state index is -3.34. The molecule has 1 aliphatic heterocycles. The molecule has 130 valence electrons. The van der Waals surface area contributed by atoms with E-state index in [1.54, 1.807) is 18.2 Å². The Morgan fingerprint density at radius 3 is 2.65 bits per heavy atom. The van der Waals surface area contributed by atoms with Gasteiger partial charge in [-0.2, -0.15) is 0 Å². The minimum Gasteiger partial charge on any atom is -0.326 e. The molecule has 1 fully saturated rings. The van der Waals surface area contributed by atoms with Crippen molar-refractivity contribution < 1.29 is 13.2 Å². The van der Waals surface area contributed by atoms with Crippen molar-refractivity contribution in [3.05, 3.63) is 23.8 Å². The Bertz CT molecular complexity index is 664. The monoisotopic (exact) mass is 361 g/mol. The van der Waals surface area contributed by atoms with Crippen molar-refractivity contribution in [2.75, 3.05) is 22.8 Å². The van der Waals surface area contributed by atoms with Crippen LogP contribution >= 0.6 is 12.4 Å². The molecule has 1 aromatic rings. The van der Waals surface area contributed by atoms with E-state index in [0.717, 1.165) is 31.2 Å². The minimum absolute atomic E-state index is 0. The maximum atomic E-state index is 12.3. The fourth-order valence-electron chi connectivity index (χ4n) is 2.62. The third kappa shape index (κ3) is 6.01. The molecule has 1 aliphatic rings. The van der Waals surface area contributed by atoms with E-state index < -0.39 is 10.0 Å². The van der Waals surface area contributed by atoms with Crippen molar-refractivity contribution in [2.24, 2.45) is 5.92 Å². The van der Waals surface area contributed by atoms with Gasteiger partial charge in [0.05, 0.1) is 11.9 Å². The first-order valence-electron chi connectivity index (χ1n) is 7.37. The van der Waals surface area contributed by atoms with E-state index in [9.17, 15) is 13.2 Å². The molecule has 1 heterocycles. The first-order valence-corrected chi connectivity index (χ1v) is 9.26. The largest absolute Gasteiger partial charge is 0.326 e. The number of carbonyl (C=O) groups excluding carboxylic acids is 1. The summed E-state index contributed by atoms with van der Waals surface area (Å²) < 4.78 is 25.2. The van der Waals surface area contributed by atoms with Crippen LogP contribution in [-0.2, 0) is 14.8 Å². The molecule has 3 N–H and O–H groups in total. The van der Waals surface area contributed by atoms with Gasteiger partial charge in [-0.3, -0.25) is 9.52 Å². The zero-order chi connectivity index (χ0) is 16.3. The van der Waals surface area contributed by atoms with E-state index in [-0.39, 0.29) is 24.2 Å². The fourth-order valence-corrected chi connectivity index (χ4v) is 3.24. The van der Waals surface area contributed by atoms with Gasteiger partial charge in [0.25, 0.3) is 0 Å². The van der Waals surface area contributed by atoms with Crippen LogP contribution in [-0.4, -0.2) is 33.2 Å². The molecule has 23 heavy (non-hydrogen) atoms. The lowest BCUT2D eigenvalue weighted by Crippen LogP contribution is -2.40. The number of aryl methyl sites for hydroxylation is 1. The van der Waals surface area contributed by atoms with Crippen LogP contribution in [0.1, 0.15) is 25.3 Å². The van der Waals surface area contributed by atoms with Gasteiger partial charge in [0, 0.05) is 17.6 Å². The molecule has 2 rings (SSSR count). The second-order valence-electron chi connectivity index (χ2n) is 5.97. The lowest BCUT2D eigenvalue weighted by Gasteiger charge is -2.27. The standard InChI is InChI=1S/C15H23N3O3S.ClH/c1-10-4-5-13(9-14(10)18-22(3,20)21)17-15(19)12-6-7-16-11(2)8-12;/h4-5,9,11-12,16,18H,6-8H2,1-3H3,(H,17,19);1H/t11-,12-;/m0./s1. The SMILES string of the molecule is Cc1ccc(NC(=O)[C@H]2CCN[C@@H](C)C2)cc1NS(C)(=O)=O.Cl. The highest BCUT2D eigenvalue weighted by Gasteiger charge is 2.24. The number of benzene rings is 1. The second-order valence-corrected chi connectivity index (χ2v) is 7.72. The summed E-state index contributed by atoms with van der Waals surface area (Å²) in [6, 6.07) is 5.56. The molecular formula is C15H24ClN3O3S. The van der Waals surface area contributed by atoms with E-state index in [1.807, 2.05) is 6.92 Å². The van der Waals surface area contributed by atoms with E-state index in [2.05, 4.69) is 22.3 Å². The highest BCUT2D eigenvalue weighted by Crippen LogP contribution is 2.23. The molecule has 0 radical (unpaired) electrons. The number of piperidine rings is 1. The quantitative estimate of drug-likeness (QED) is 0.766. The number of anilines is 2. The number of carbonyl (C=O) groups is 1. The van der Waals surface area contributed by atoms with Gasteiger partial charge in [0.1, 0.15) is 0 Å². The molecule has 8 heteroatoms. The second kappa shape index (κ2) is 7.99. The summed E-state index contributed by atoms with van der Waals surface area (Å²) in [5.74, 6) is -0.0219. The zero-order valence-electron chi connectivity index (χ0n) is 13.5. The molecule has 0 bridgehead atoms. The summed E-state index contributed by atoms with van der Waals surface area (Å²) in [5, 5.41) is 6.20. The van der Waals surface area contributed by atoms with Gasteiger partial charge in [-0.05, 0) is 50.9 Å². The Morgan fingerprint density at radius 2 is 2.04 bits per heavy atom. The number of nitrogens with one attached hydrogen (secondary N) is 3. The van der Waals surface area contributed by atoms with Crippen LogP contribution in [0.15, 0.2) is 18.2 Å². The Morgan fingerprint density at radius 1 is 1.35 bits per heavy atom. The average molecular weight is 362 g/mol. The highest BCUT2D eigenvalue weighted by molar-refractivity contribution is 7.92. The zero-order valence-corrected chi connectivity index (χ0v) is 15.2. The smallest absolute Gasteiger partial charge is 0.229 e. The summed E-state index contributed by atoms with van der Waals surface area (Å²) in [4.78, 5) is 12.3. The first kappa shape index (κ1) is 19.7. The Balaban J connectivity index is 0.00000264. The van der Waals surface area contributed by atoms with Crippen LogP contribution in [0.5, 0.6) is 0 Å². The molecule has 1 aromatic carbocycles. The van der Waals surface area contributed by atoms with Gasteiger partial charge >= 0.3 is 0 Å². The summed E-state index contributed by atoms with van der Waals surface area (Å²) in [7, 11) is -3.34. The van der Waals surface area contributed by atoms with Crippen LogP contribution < -0.4 is 15.4 Å². The highest BCUT2D eigenvalue weighted by atomic mass is 35.5. The summed E-state index contributed by atoms with van der Waals surface area (Å²) in [6.45, 7) is 4.72. The van der Waals surface area contributed by atoms with Crippen molar-refractivity contribution in [1.29, 1.82) is 0 Å². The van der Waals surface area contributed by atoms with Gasteiger partial charge in [-0.15, -0.1) is 12.4 Å². The van der Waals surface area contributed by atoms with Gasteiger partial charge in [-0.25, -0.2) is 8.42 Å². The molecule has 1 amide bonds. The van der Waals surface area contributed by atoms with Gasteiger partial charge < -0.3 is 10.6 Å². The van der Waals surface area contributed by atoms with Crippen LogP contribution in [0.2, 0.25) is 0 Å². The number of sulfonamides is 1. The molecule has 0 spiro atoms. The molecule has 1 saturated heterocycles. The lowest BCUT2D eigenvalue weighted by molar-refractivity contribution is -0.120. The summed E-state index contributed by atoms with van der Waals surface area (Å²) in [5.41, 5.74) is 1.89. The number of amides is 1. The fraction of sp³-hybridized carbons (Fsp3) is 0.533. The van der Waals surface area contributed by atoms with Gasteiger partial charge in [-0.1, -0.05) is 6.07 Å². The molecule has 6 nitrogen and oxygen atoms in total. The molecule has 0 unspecified atom stereocenters. The van der Waals surface area contributed by atoms with Crippen LogP contribution in [0, 0.1) is 12.8 Å². The van der Waals surface area contributed by atoms with Crippen molar-refractivity contribution in [1.82, 2.24) is 5.32 Å². The maximum absolute atomic E-state index is 12.3. The summed E-state index contributed by atoms with van der Waals surface area (Å²) >= 11 is 0. The Hall–Kier alpha value is -1.31. The summed E-state index contributed by atoms with van der Waals surface area (Å²) in [6.07, 6.45) is 2.73. The molecular weight excluding hydrogens is 338 g/mol. The predicted molar refractivity (Wildman–Crippen MR) is 95.7 cm³/mol. The number of halogens is 1. The van der Waals surface area contributed by atoms with Crippen molar-refractivity contribution in [3.8, 4) is 0 Å². The number of hydrogen-bond donors (Lipinski definition) is 3. The number of rotatable bonds is 4. The van der Waals surface area contributed by atoms with Gasteiger partial charge in [0.2, 0.25) is 15.9 Å². The van der Waals surface area contributed by atoms with E-state index >= 15 is 0 Å². The number of hydrogen-bond acceptors (Lipinski definition) is 4. The molecule has 0 aliphatic carbocycles. The third-order valence-corrected chi connectivity index (χ3v) is 4.39. The van der Waals surface area contributed by atoms with Gasteiger partial charge in [0.15, 0.2) is 0 Å². The third-order valence-electron chi connectivity index (χ3n) is 3.79. The van der Waals surface area contributed by atoms with E-state index in [0.29, 0.717) is 17.4 Å². The van der Waals surface area contributed by atoms with E-state index in [4.69, 9.17) is 0 Å². The van der Waals surface area contributed by atoms with Crippen LogP contribution in [0.25, 0.3) is 0 Å². The van der Waals surface area contributed by atoms with Crippen LogP contribution in [0.4, 0.5) is 11.4 Å².